The van der Waals surface area contributed by atoms with Crippen molar-refractivity contribution >= 4 is 34.6 Å². The number of nitrogen functional groups attached to an aromatic ring is 1. The van der Waals surface area contributed by atoms with Crippen LogP contribution in [0.25, 0.3) is 22.3 Å². The minimum atomic E-state index is -0.854. The number of benzene rings is 3. The number of anilines is 1. The number of carbonyl (C=O) groups excluding carboxylic acids is 3. The van der Waals surface area contributed by atoms with Crippen LogP contribution in [0.1, 0.15) is 52.4 Å². The van der Waals surface area contributed by atoms with Crippen LogP contribution in [-0.4, -0.2) is 106 Å². The number of para-hydroxylation sites is 1. The van der Waals surface area contributed by atoms with Crippen molar-refractivity contribution < 1.29 is 33.3 Å². The molecule has 294 valence electrons. The maximum Gasteiger partial charge on any atom is 0.262 e. The van der Waals surface area contributed by atoms with E-state index in [0.717, 1.165) is 71.2 Å². The van der Waals surface area contributed by atoms with E-state index in [1.807, 2.05) is 59.3 Å². The molecule has 3 aliphatic rings. The molecule has 1 atom stereocenters. The summed E-state index contributed by atoms with van der Waals surface area (Å²) in [7, 11) is 0. The highest BCUT2D eigenvalue weighted by molar-refractivity contribution is 6.23. The molecule has 0 saturated carbocycles. The second-order valence-corrected chi connectivity index (χ2v) is 14.2. The molecule has 57 heavy (non-hydrogen) atoms. The van der Waals surface area contributed by atoms with Crippen molar-refractivity contribution in [1.82, 2.24) is 34.9 Å². The van der Waals surface area contributed by atoms with Gasteiger partial charge in [-0.25, -0.2) is 14.6 Å². The Morgan fingerprint density at radius 3 is 2.26 bits per heavy atom. The van der Waals surface area contributed by atoms with Gasteiger partial charge in [-0.1, -0.05) is 24.8 Å². The van der Waals surface area contributed by atoms with Gasteiger partial charge < -0.3 is 34.9 Å². The first-order chi connectivity index (χ1) is 27.8. The first-order valence-corrected chi connectivity index (χ1v) is 19.2. The SMILES string of the molecule is C=C1CCC(N2C(=O)c3ccc(OCCOCCOCCN4CCC(n5nc(-c6ccc(Oc7ccccc7)cc6)c6c(N)ncnc65)CC4)cc3C2=O)C(=O)N1. The molecule has 3 aromatic carbocycles. The van der Waals surface area contributed by atoms with Gasteiger partial charge in [-0.15, -0.1) is 0 Å². The van der Waals surface area contributed by atoms with Crippen LogP contribution in [0.15, 0.2) is 91.4 Å². The van der Waals surface area contributed by atoms with Crippen LogP contribution >= 0.6 is 0 Å². The molecule has 5 heterocycles. The first kappa shape index (κ1) is 37.7. The van der Waals surface area contributed by atoms with E-state index in [-0.39, 0.29) is 23.8 Å². The Labute approximate surface area is 329 Å². The summed E-state index contributed by atoms with van der Waals surface area (Å²) in [6.07, 6.45) is 4.17. The Balaban J connectivity index is 0.746. The summed E-state index contributed by atoms with van der Waals surface area (Å²) < 4.78 is 25.3. The van der Waals surface area contributed by atoms with E-state index >= 15 is 0 Å². The Bertz CT molecular complexity index is 2270. The molecule has 2 aromatic heterocycles. The Morgan fingerprint density at radius 2 is 1.49 bits per heavy atom. The van der Waals surface area contributed by atoms with Crippen molar-refractivity contribution in [1.29, 1.82) is 0 Å². The number of hydrogen-bond acceptors (Lipinski definition) is 12. The number of piperidine rings is 2. The van der Waals surface area contributed by atoms with Crippen molar-refractivity contribution in [3.05, 3.63) is 103 Å². The van der Waals surface area contributed by atoms with Gasteiger partial charge in [-0.05, 0) is 80.3 Å². The van der Waals surface area contributed by atoms with Crippen LogP contribution in [0.2, 0.25) is 0 Å². The minimum Gasteiger partial charge on any atom is -0.491 e. The molecule has 0 spiro atoms. The number of allylic oxidation sites excluding steroid dienone is 1. The third-order valence-electron chi connectivity index (χ3n) is 10.5. The number of likely N-dealkylation sites (tertiary alicyclic amines) is 1. The number of nitrogens with one attached hydrogen (secondary N) is 1. The molecule has 3 N–H and O–H groups in total. The van der Waals surface area contributed by atoms with Gasteiger partial charge in [-0.3, -0.25) is 19.3 Å². The Hall–Kier alpha value is -6.16. The highest BCUT2D eigenvalue weighted by Crippen LogP contribution is 2.35. The summed E-state index contributed by atoms with van der Waals surface area (Å²) in [5.74, 6) is 0.975. The average Bonchev–Trinajstić information content (AvgIpc) is 3.73. The van der Waals surface area contributed by atoms with Gasteiger partial charge in [0, 0.05) is 30.9 Å². The number of fused-ring (bicyclic) bond motifs is 2. The quantitative estimate of drug-likeness (QED) is 0.108. The number of aromatic nitrogens is 4. The highest BCUT2D eigenvalue weighted by Gasteiger charge is 2.44. The second kappa shape index (κ2) is 16.9. The summed E-state index contributed by atoms with van der Waals surface area (Å²) in [5.41, 5.74) is 9.85. The van der Waals surface area contributed by atoms with Crippen LogP contribution in [-0.2, 0) is 14.3 Å². The fourth-order valence-corrected chi connectivity index (χ4v) is 7.50. The monoisotopic (exact) mass is 772 g/mol. The lowest BCUT2D eigenvalue weighted by Crippen LogP contribution is -2.51. The van der Waals surface area contributed by atoms with Crippen molar-refractivity contribution in [3.63, 3.8) is 0 Å². The molecule has 8 rings (SSSR count). The third-order valence-corrected chi connectivity index (χ3v) is 10.5. The molecule has 0 bridgehead atoms. The Morgan fingerprint density at radius 1 is 0.789 bits per heavy atom. The van der Waals surface area contributed by atoms with Gasteiger partial charge >= 0.3 is 0 Å². The largest absolute Gasteiger partial charge is 0.491 e. The molecule has 0 aliphatic carbocycles. The highest BCUT2D eigenvalue weighted by atomic mass is 16.5. The summed E-state index contributed by atoms with van der Waals surface area (Å²) >= 11 is 0. The molecule has 0 radical (unpaired) electrons. The molecular formula is C42H44N8O7. The van der Waals surface area contributed by atoms with Crippen LogP contribution in [0.3, 0.4) is 0 Å². The number of nitrogens with zero attached hydrogens (tertiary/aromatic N) is 6. The predicted molar refractivity (Wildman–Crippen MR) is 211 cm³/mol. The number of hydrogen-bond donors (Lipinski definition) is 2. The van der Waals surface area contributed by atoms with Gasteiger partial charge in [0.15, 0.2) is 5.65 Å². The zero-order valence-electron chi connectivity index (χ0n) is 31.5. The number of ether oxygens (including phenoxy) is 4. The molecule has 15 heteroatoms. The van der Waals surface area contributed by atoms with E-state index < -0.39 is 23.8 Å². The molecule has 2 saturated heterocycles. The van der Waals surface area contributed by atoms with E-state index in [9.17, 15) is 14.4 Å². The maximum atomic E-state index is 13.1. The van der Waals surface area contributed by atoms with Crippen LogP contribution in [0.5, 0.6) is 17.2 Å². The number of rotatable bonds is 15. The van der Waals surface area contributed by atoms with Crippen molar-refractivity contribution in [3.8, 4) is 28.5 Å². The standard InChI is InChI=1S/C42H44N8O7/c1-27-7-14-35(40(51)46-27)49-41(52)33-13-12-32(25-34(33)42(49)53)56-24-23-55-22-21-54-20-19-48-17-15-29(16-18-48)50-39-36(38(43)44-26-45-39)37(47-50)28-8-10-31(11-9-28)57-30-5-3-2-4-6-30/h2-6,8-13,25-26,29,35H,1,7,14-24H2,(H,46,51)(H2,43,44,45). The van der Waals surface area contributed by atoms with Gasteiger partial charge in [0.05, 0.1) is 49.0 Å². The summed E-state index contributed by atoms with van der Waals surface area (Å²) in [6, 6.07) is 21.5. The van der Waals surface area contributed by atoms with E-state index in [1.165, 1.54) is 6.33 Å². The number of nitrogens with two attached hydrogens (primary N) is 1. The normalized spacial score (nSPS) is 17.6. The van der Waals surface area contributed by atoms with Crippen molar-refractivity contribution in [2.45, 2.75) is 37.8 Å². The predicted octanol–water partition coefficient (Wildman–Crippen LogP) is 5.01. The lowest BCUT2D eigenvalue weighted by Gasteiger charge is -2.32. The van der Waals surface area contributed by atoms with E-state index in [0.29, 0.717) is 56.5 Å². The molecular weight excluding hydrogens is 729 g/mol. The average molecular weight is 773 g/mol. The van der Waals surface area contributed by atoms with Crippen LogP contribution in [0.4, 0.5) is 5.82 Å². The zero-order chi connectivity index (χ0) is 39.3. The van der Waals surface area contributed by atoms with Crippen molar-refractivity contribution in [2.24, 2.45) is 0 Å². The smallest absolute Gasteiger partial charge is 0.262 e. The fourth-order valence-electron chi connectivity index (χ4n) is 7.50. The van der Waals surface area contributed by atoms with E-state index in [2.05, 4.69) is 26.8 Å². The molecule has 1 unspecified atom stereocenters. The van der Waals surface area contributed by atoms with E-state index in [1.54, 1.807) is 18.2 Å². The van der Waals surface area contributed by atoms with Gasteiger partial charge in [-0.2, -0.15) is 5.10 Å². The van der Waals surface area contributed by atoms with E-state index in [4.69, 9.17) is 29.8 Å². The summed E-state index contributed by atoms with van der Waals surface area (Å²) in [6.45, 7) is 8.41. The number of imide groups is 1. The van der Waals surface area contributed by atoms with Gasteiger partial charge in [0.25, 0.3) is 11.8 Å². The lowest BCUT2D eigenvalue weighted by molar-refractivity contribution is -0.125. The number of carbonyl (C=O) groups is 3. The molecule has 3 amide bonds. The van der Waals surface area contributed by atoms with Crippen molar-refractivity contribution in [2.75, 3.05) is 58.4 Å². The van der Waals surface area contributed by atoms with Crippen LogP contribution in [0, 0.1) is 0 Å². The molecule has 2 fully saturated rings. The molecule has 5 aromatic rings. The lowest BCUT2D eigenvalue weighted by atomic mass is 10.0. The molecule has 3 aliphatic heterocycles. The minimum absolute atomic E-state index is 0.171. The van der Waals surface area contributed by atoms with Gasteiger partial charge in [0.2, 0.25) is 5.91 Å². The first-order valence-electron chi connectivity index (χ1n) is 19.2. The summed E-state index contributed by atoms with van der Waals surface area (Å²) in [4.78, 5) is 50.8. The maximum absolute atomic E-state index is 13.1. The van der Waals surface area contributed by atoms with Gasteiger partial charge in [0.1, 0.15) is 47.7 Å². The molecule has 15 nitrogen and oxygen atoms in total. The van der Waals surface area contributed by atoms with Crippen LogP contribution < -0.4 is 20.5 Å². The Kier molecular flexibility index (Phi) is 11.2. The summed E-state index contributed by atoms with van der Waals surface area (Å²) in [5, 5.41) is 8.44. The second-order valence-electron chi connectivity index (χ2n) is 14.2. The fraction of sp³-hybridized carbons (Fsp3) is 0.333. The number of amides is 3. The third kappa shape index (κ3) is 8.21. The topological polar surface area (TPSA) is 176 Å². The zero-order valence-corrected chi connectivity index (χ0v) is 31.5.